The Labute approximate surface area is 147 Å². The van der Waals surface area contributed by atoms with Gasteiger partial charge in [-0.1, -0.05) is 30.3 Å². The maximum atomic E-state index is 12.1. The second kappa shape index (κ2) is 11.4. The first kappa shape index (κ1) is 19.9. The molecule has 0 saturated carbocycles. The van der Waals surface area contributed by atoms with Gasteiger partial charge in [-0.15, -0.1) is 0 Å². The molecule has 0 saturated heterocycles. The van der Waals surface area contributed by atoms with Gasteiger partial charge in [0.2, 0.25) is 5.91 Å². The van der Waals surface area contributed by atoms with E-state index in [0.717, 1.165) is 5.56 Å². The van der Waals surface area contributed by atoms with Crippen molar-refractivity contribution in [1.29, 1.82) is 0 Å². The highest BCUT2D eigenvalue weighted by Crippen LogP contribution is 2.12. The third-order valence-corrected chi connectivity index (χ3v) is 4.27. The summed E-state index contributed by atoms with van der Waals surface area (Å²) < 4.78 is 10.1. The summed E-state index contributed by atoms with van der Waals surface area (Å²) in [5.41, 5.74) is 0.907. The van der Waals surface area contributed by atoms with E-state index in [2.05, 4.69) is 17.9 Å². The molecule has 1 unspecified atom stereocenters. The molecule has 0 bridgehead atoms. The van der Waals surface area contributed by atoms with E-state index in [1.165, 1.54) is 12.0 Å². The number of carbonyl (C=O) groups excluding carboxylic acids is 2. The predicted octanol–water partition coefficient (Wildman–Crippen LogP) is 2.47. The van der Waals surface area contributed by atoms with Crippen LogP contribution in [0.1, 0.15) is 18.9 Å². The van der Waals surface area contributed by atoms with Crippen LogP contribution in [0.3, 0.4) is 0 Å². The Morgan fingerprint density at radius 3 is 2.61 bits per heavy atom. The summed E-state index contributed by atoms with van der Waals surface area (Å²) in [5.74, 6) is 0.210. The van der Waals surface area contributed by atoms with Gasteiger partial charge >= 0.3 is 5.97 Å². The molecule has 0 radical (unpaired) electrons. The van der Waals surface area contributed by atoms with Gasteiger partial charge in [-0.05, 0) is 31.0 Å². The summed E-state index contributed by atoms with van der Waals surface area (Å²) in [6.45, 7) is 1.81. The first-order valence-corrected chi connectivity index (χ1v) is 8.90. The fourth-order valence-corrected chi connectivity index (χ4v) is 2.72. The van der Waals surface area contributed by atoms with Crippen LogP contribution < -0.4 is 5.32 Å². The quantitative estimate of drug-likeness (QED) is 0.291. The SMILES string of the molecule is COSCCC(CS)C(=O)N[C@@H](C)C(=O)OCc1ccccc1. The average molecular weight is 357 g/mol. The number of hydrogen-bond donors (Lipinski definition) is 2. The molecule has 7 heteroatoms. The number of rotatable bonds is 10. The van der Waals surface area contributed by atoms with Crippen LogP contribution >= 0.6 is 24.7 Å². The summed E-state index contributed by atoms with van der Waals surface area (Å²) in [6.07, 6.45) is 0.639. The van der Waals surface area contributed by atoms with E-state index in [-0.39, 0.29) is 18.4 Å². The molecule has 23 heavy (non-hydrogen) atoms. The second-order valence-corrected chi connectivity index (χ2v) is 6.32. The van der Waals surface area contributed by atoms with Crippen molar-refractivity contribution >= 4 is 36.5 Å². The lowest BCUT2D eigenvalue weighted by molar-refractivity contribution is -0.148. The van der Waals surface area contributed by atoms with E-state index in [1.54, 1.807) is 14.0 Å². The van der Waals surface area contributed by atoms with Crippen molar-refractivity contribution in [3.63, 3.8) is 0 Å². The van der Waals surface area contributed by atoms with Gasteiger partial charge in [0.15, 0.2) is 0 Å². The molecule has 0 spiro atoms. The Morgan fingerprint density at radius 2 is 2.00 bits per heavy atom. The Kier molecular flexibility index (Phi) is 9.82. The summed E-state index contributed by atoms with van der Waals surface area (Å²) in [5, 5.41) is 2.68. The molecule has 0 aliphatic carbocycles. The zero-order chi connectivity index (χ0) is 17.1. The van der Waals surface area contributed by atoms with Gasteiger partial charge in [0, 0.05) is 17.4 Å². The Morgan fingerprint density at radius 1 is 1.30 bits per heavy atom. The fourth-order valence-electron chi connectivity index (χ4n) is 1.82. The number of thiol groups is 1. The van der Waals surface area contributed by atoms with Gasteiger partial charge in [0.25, 0.3) is 0 Å². The van der Waals surface area contributed by atoms with Gasteiger partial charge in [-0.2, -0.15) is 12.6 Å². The monoisotopic (exact) mass is 357 g/mol. The Balaban J connectivity index is 2.38. The number of carbonyl (C=O) groups is 2. The van der Waals surface area contributed by atoms with Gasteiger partial charge in [-0.25, -0.2) is 4.79 Å². The van der Waals surface area contributed by atoms with Crippen LogP contribution in [-0.2, 0) is 25.1 Å². The third kappa shape index (κ3) is 7.76. The Hall–Kier alpha value is -1.18. The summed E-state index contributed by atoms with van der Waals surface area (Å²) in [6, 6.07) is 8.71. The lowest BCUT2D eigenvalue weighted by Gasteiger charge is -2.18. The van der Waals surface area contributed by atoms with Crippen LogP contribution in [0.4, 0.5) is 0 Å². The highest BCUT2D eigenvalue weighted by Gasteiger charge is 2.22. The van der Waals surface area contributed by atoms with E-state index in [0.29, 0.717) is 17.9 Å². The molecule has 1 N–H and O–H groups in total. The van der Waals surface area contributed by atoms with Crippen LogP contribution in [0, 0.1) is 5.92 Å². The van der Waals surface area contributed by atoms with Crippen molar-refractivity contribution < 1.29 is 18.5 Å². The Bertz CT molecular complexity index is 484. The molecule has 0 fully saturated rings. The zero-order valence-corrected chi connectivity index (χ0v) is 15.1. The summed E-state index contributed by atoms with van der Waals surface area (Å²) >= 11 is 5.49. The molecule has 0 aliphatic heterocycles. The zero-order valence-electron chi connectivity index (χ0n) is 13.4. The molecule has 1 rings (SSSR count). The molecule has 1 amide bonds. The van der Waals surface area contributed by atoms with E-state index >= 15 is 0 Å². The molecular formula is C16H23NO4S2. The van der Waals surface area contributed by atoms with Crippen LogP contribution in [0.25, 0.3) is 0 Å². The number of benzene rings is 1. The minimum Gasteiger partial charge on any atom is -0.459 e. The topological polar surface area (TPSA) is 64.6 Å². The first-order chi connectivity index (χ1) is 11.1. The maximum Gasteiger partial charge on any atom is 0.328 e. The number of amides is 1. The average Bonchev–Trinajstić information content (AvgIpc) is 2.57. The predicted molar refractivity (Wildman–Crippen MR) is 95.3 cm³/mol. The van der Waals surface area contributed by atoms with E-state index in [4.69, 9.17) is 8.92 Å². The van der Waals surface area contributed by atoms with Crippen LogP contribution in [0.5, 0.6) is 0 Å². The van der Waals surface area contributed by atoms with Crippen molar-refractivity contribution in [1.82, 2.24) is 5.32 Å². The lowest BCUT2D eigenvalue weighted by atomic mass is 10.1. The normalized spacial score (nSPS) is 13.2. The van der Waals surface area contributed by atoms with E-state index in [1.807, 2.05) is 30.3 Å². The summed E-state index contributed by atoms with van der Waals surface area (Å²) in [4.78, 5) is 24.1. The molecule has 0 aromatic heterocycles. The molecule has 5 nitrogen and oxygen atoms in total. The third-order valence-electron chi connectivity index (χ3n) is 3.19. The smallest absolute Gasteiger partial charge is 0.328 e. The number of hydrogen-bond acceptors (Lipinski definition) is 6. The minimum atomic E-state index is -0.691. The highest BCUT2D eigenvalue weighted by atomic mass is 32.2. The van der Waals surface area contributed by atoms with Crippen molar-refractivity contribution in [2.45, 2.75) is 26.0 Å². The molecule has 1 aromatic carbocycles. The number of nitrogens with one attached hydrogen (secondary N) is 1. The van der Waals surface area contributed by atoms with E-state index < -0.39 is 12.0 Å². The molecule has 0 heterocycles. The van der Waals surface area contributed by atoms with Gasteiger partial charge < -0.3 is 14.2 Å². The van der Waals surface area contributed by atoms with Crippen molar-refractivity contribution in [2.24, 2.45) is 5.92 Å². The largest absolute Gasteiger partial charge is 0.459 e. The lowest BCUT2D eigenvalue weighted by Crippen LogP contribution is -2.43. The van der Waals surface area contributed by atoms with Gasteiger partial charge in [0.1, 0.15) is 12.6 Å². The molecule has 0 aliphatic rings. The number of ether oxygens (including phenoxy) is 1. The van der Waals surface area contributed by atoms with Gasteiger partial charge in [-0.3, -0.25) is 4.79 Å². The molecule has 128 valence electrons. The van der Waals surface area contributed by atoms with Crippen molar-refractivity contribution in [3.8, 4) is 0 Å². The molecular weight excluding hydrogens is 334 g/mol. The van der Waals surface area contributed by atoms with Crippen molar-refractivity contribution in [3.05, 3.63) is 35.9 Å². The van der Waals surface area contributed by atoms with Crippen molar-refractivity contribution in [2.75, 3.05) is 18.6 Å². The summed E-state index contributed by atoms with van der Waals surface area (Å²) in [7, 11) is 1.59. The van der Waals surface area contributed by atoms with Crippen LogP contribution in [-0.4, -0.2) is 36.5 Å². The molecule has 2 atom stereocenters. The van der Waals surface area contributed by atoms with Gasteiger partial charge in [0.05, 0.1) is 7.11 Å². The van der Waals surface area contributed by atoms with Crippen LogP contribution in [0.15, 0.2) is 30.3 Å². The van der Waals surface area contributed by atoms with Crippen LogP contribution in [0.2, 0.25) is 0 Å². The molecule has 1 aromatic rings. The van der Waals surface area contributed by atoms with E-state index in [9.17, 15) is 9.59 Å². The highest BCUT2D eigenvalue weighted by molar-refractivity contribution is 7.94. The maximum absolute atomic E-state index is 12.1. The first-order valence-electron chi connectivity index (χ1n) is 7.35. The standard InChI is InChI=1S/C16H23NO4S2/c1-12(16(19)21-10-13-6-4-3-5-7-13)17-15(18)14(11-22)8-9-23-20-2/h3-7,12,14,22H,8-11H2,1-2H3,(H,17,18)/t12-,14?/m0/s1. The number of esters is 1. The second-order valence-electron chi connectivity index (χ2n) is 4.98. The fraction of sp³-hybridized carbons (Fsp3) is 0.500. The minimum absolute atomic E-state index is 0.194.